The second-order valence-electron chi connectivity index (χ2n) is 11.2. The number of carbonyl (C=O) groups is 3. The maximum Gasteiger partial charge on any atom is 0.259 e. The molecule has 3 amide bonds. The highest BCUT2D eigenvalue weighted by molar-refractivity contribution is 5.93. The maximum atomic E-state index is 13.6. The Morgan fingerprint density at radius 1 is 1.05 bits per heavy atom. The number of hydrogen-bond acceptors (Lipinski definition) is 7. The number of amides is 3. The first-order valence-corrected chi connectivity index (χ1v) is 14.3. The van der Waals surface area contributed by atoms with Crippen molar-refractivity contribution < 1.29 is 23.9 Å². The summed E-state index contributed by atoms with van der Waals surface area (Å²) in [6.07, 6.45) is 3.42. The number of phenols is 1. The zero-order chi connectivity index (χ0) is 29.5. The number of likely N-dealkylation sites (tertiary alicyclic amines) is 1. The molecule has 2 heterocycles. The molecule has 2 saturated heterocycles. The van der Waals surface area contributed by atoms with Gasteiger partial charge in [0.2, 0.25) is 11.8 Å². The number of carbonyl (C=O) groups excluding carboxylic acids is 3. The van der Waals surface area contributed by atoms with Gasteiger partial charge in [0.1, 0.15) is 11.6 Å². The summed E-state index contributed by atoms with van der Waals surface area (Å²) >= 11 is 0. The van der Waals surface area contributed by atoms with Crippen LogP contribution in [0.15, 0.2) is 48.5 Å². The van der Waals surface area contributed by atoms with Gasteiger partial charge in [-0.05, 0) is 68.1 Å². The number of hydrazine groups is 1. The van der Waals surface area contributed by atoms with Crippen molar-refractivity contribution >= 4 is 17.7 Å². The van der Waals surface area contributed by atoms with Crippen LogP contribution in [0.5, 0.6) is 5.75 Å². The van der Waals surface area contributed by atoms with Gasteiger partial charge in [-0.1, -0.05) is 37.1 Å². The summed E-state index contributed by atoms with van der Waals surface area (Å²) < 4.78 is 13.4. The number of benzene rings is 2. The van der Waals surface area contributed by atoms with E-state index in [1.54, 1.807) is 41.3 Å². The number of unbranched alkanes of at least 4 members (excludes halogenated alkanes) is 2. The van der Waals surface area contributed by atoms with Gasteiger partial charge >= 0.3 is 0 Å². The summed E-state index contributed by atoms with van der Waals surface area (Å²) in [6, 6.07) is 11.9. The van der Waals surface area contributed by atoms with Crippen LogP contribution in [0.3, 0.4) is 0 Å². The van der Waals surface area contributed by atoms with Crippen LogP contribution in [-0.4, -0.2) is 76.0 Å². The van der Waals surface area contributed by atoms with Crippen molar-refractivity contribution in [3.8, 4) is 5.75 Å². The minimum atomic E-state index is -0.633. The normalized spacial score (nSPS) is 22.0. The largest absolute Gasteiger partial charge is 0.508 e. The first kappa shape index (κ1) is 30.4. The van der Waals surface area contributed by atoms with Crippen LogP contribution in [0, 0.1) is 17.7 Å². The molecule has 0 saturated carbocycles. The number of rotatable bonds is 13. The van der Waals surface area contributed by atoms with Crippen molar-refractivity contribution in [1.29, 1.82) is 0 Å². The van der Waals surface area contributed by atoms with E-state index in [0.717, 1.165) is 30.4 Å². The second kappa shape index (κ2) is 13.9. The van der Waals surface area contributed by atoms with Gasteiger partial charge < -0.3 is 21.5 Å². The van der Waals surface area contributed by atoms with E-state index in [1.165, 1.54) is 17.1 Å². The van der Waals surface area contributed by atoms with Gasteiger partial charge in [0, 0.05) is 25.7 Å². The molecule has 41 heavy (non-hydrogen) atoms. The Hall–Kier alpha value is -3.54. The summed E-state index contributed by atoms with van der Waals surface area (Å²) in [7, 11) is 0. The van der Waals surface area contributed by atoms with Gasteiger partial charge in [0.05, 0.1) is 24.5 Å². The van der Waals surface area contributed by atoms with Gasteiger partial charge in [-0.15, -0.1) is 0 Å². The zero-order valence-electron chi connectivity index (χ0n) is 23.5. The molecule has 4 atom stereocenters. The van der Waals surface area contributed by atoms with Crippen molar-refractivity contribution in [3.63, 3.8) is 0 Å². The van der Waals surface area contributed by atoms with E-state index in [4.69, 9.17) is 11.5 Å². The third-order valence-corrected chi connectivity index (χ3v) is 7.82. The average Bonchev–Trinajstić information content (AvgIpc) is 3.39. The summed E-state index contributed by atoms with van der Waals surface area (Å²) in [5.74, 6) is -2.09. The highest BCUT2D eigenvalue weighted by Gasteiger charge is 2.46. The molecule has 3 unspecified atom stereocenters. The summed E-state index contributed by atoms with van der Waals surface area (Å²) in [4.78, 5) is 44.2. The lowest BCUT2D eigenvalue weighted by Gasteiger charge is -2.24. The van der Waals surface area contributed by atoms with Crippen molar-refractivity contribution in [1.82, 2.24) is 20.2 Å². The number of nitrogens with zero attached hydrogens (tertiary/aromatic N) is 3. The Morgan fingerprint density at radius 2 is 1.73 bits per heavy atom. The summed E-state index contributed by atoms with van der Waals surface area (Å²) in [5, 5.41) is 10.9. The van der Waals surface area contributed by atoms with Crippen molar-refractivity contribution in [3.05, 3.63) is 65.5 Å². The summed E-state index contributed by atoms with van der Waals surface area (Å²) in [6.45, 7) is 3.56. The Morgan fingerprint density at radius 3 is 2.39 bits per heavy atom. The molecule has 2 aliphatic rings. The number of hydrogen-bond donors (Lipinski definition) is 4. The molecule has 0 spiro atoms. The van der Waals surface area contributed by atoms with Gasteiger partial charge in [-0.3, -0.25) is 24.7 Å². The van der Waals surface area contributed by atoms with Crippen LogP contribution in [0.25, 0.3) is 0 Å². The third kappa shape index (κ3) is 7.81. The molecule has 0 aliphatic carbocycles. The average molecular weight is 569 g/mol. The second-order valence-corrected chi connectivity index (χ2v) is 11.2. The Bertz CT molecular complexity index is 1190. The van der Waals surface area contributed by atoms with Crippen LogP contribution >= 0.6 is 0 Å². The van der Waals surface area contributed by atoms with Crippen LogP contribution in [0.2, 0.25) is 0 Å². The highest BCUT2D eigenvalue weighted by atomic mass is 19.1. The molecule has 2 aromatic rings. The molecular weight excluding hydrogens is 527 g/mol. The molecule has 6 N–H and O–H groups in total. The van der Waals surface area contributed by atoms with Crippen molar-refractivity contribution in [2.24, 2.45) is 23.3 Å². The van der Waals surface area contributed by atoms with Crippen molar-refractivity contribution in [2.75, 3.05) is 26.3 Å². The molecule has 2 aromatic carbocycles. The number of halogens is 1. The fraction of sp³-hybridized carbons (Fsp3) is 0.500. The first-order valence-electron chi connectivity index (χ1n) is 14.3. The lowest BCUT2D eigenvalue weighted by Crippen LogP contribution is -2.48. The van der Waals surface area contributed by atoms with E-state index in [-0.39, 0.29) is 55.1 Å². The minimum Gasteiger partial charge on any atom is -0.508 e. The predicted octanol–water partition coefficient (Wildman–Crippen LogP) is 1.72. The fourth-order valence-electron chi connectivity index (χ4n) is 5.71. The third-order valence-electron chi connectivity index (χ3n) is 7.82. The molecule has 2 fully saturated rings. The number of nitrogens with one attached hydrogen (secondary N) is 1. The number of phenolic OH excluding ortho intramolecular Hbond substituents is 1. The standard InChI is InChI=1S/C30H41FN6O4/c1-20(33)16-36-19-37(30(41)27(36)15-21-8-12-24(38)13-9-21)34-28(39)26-18-35(17-22-6-10-23(31)11-7-22)29(40)25(26)5-3-2-4-14-32/h6-13,20,25-27,38H,2-5,14-19,32-33H2,1H3,(H,34,39)/t20?,25?,26?,27-/m1/s1. The number of nitrogens with two attached hydrogens (primary N) is 2. The predicted molar refractivity (Wildman–Crippen MR) is 152 cm³/mol. The topological polar surface area (TPSA) is 145 Å². The van der Waals surface area contributed by atoms with Gasteiger partial charge in [-0.25, -0.2) is 9.40 Å². The molecule has 2 aliphatic heterocycles. The summed E-state index contributed by atoms with van der Waals surface area (Å²) in [5.41, 5.74) is 16.2. The molecule has 0 aromatic heterocycles. The van der Waals surface area contributed by atoms with Crippen molar-refractivity contribution in [2.45, 2.75) is 57.7 Å². The van der Waals surface area contributed by atoms with Crippen LogP contribution in [0.1, 0.15) is 43.7 Å². The van der Waals surface area contributed by atoms with E-state index >= 15 is 0 Å². The molecule has 10 nitrogen and oxygen atoms in total. The van der Waals surface area contributed by atoms with Gasteiger partial charge in [0.15, 0.2) is 0 Å². The zero-order valence-corrected chi connectivity index (χ0v) is 23.5. The number of aromatic hydroxyl groups is 1. The molecule has 222 valence electrons. The van der Waals surface area contributed by atoms with E-state index in [2.05, 4.69) is 5.43 Å². The molecule has 11 heteroatoms. The van der Waals surface area contributed by atoms with E-state index in [0.29, 0.717) is 25.9 Å². The smallest absolute Gasteiger partial charge is 0.259 e. The van der Waals surface area contributed by atoms with E-state index in [9.17, 15) is 23.9 Å². The van der Waals surface area contributed by atoms with Crippen LogP contribution < -0.4 is 16.9 Å². The fourth-order valence-corrected chi connectivity index (χ4v) is 5.71. The molecule has 0 bridgehead atoms. The molecule has 4 rings (SSSR count). The van der Waals surface area contributed by atoms with E-state index < -0.39 is 17.9 Å². The first-order chi connectivity index (χ1) is 19.7. The van der Waals surface area contributed by atoms with Crippen LogP contribution in [-0.2, 0) is 27.3 Å². The van der Waals surface area contributed by atoms with Crippen LogP contribution in [0.4, 0.5) is 4.39 Å². The van der Waals surface area contributed by atoms with E-state index in [1.807, 2.05) is 11.8 Å². The van der Waals surface area contributed by atoms with Gasteiger partial charge in [-0.2, -0.15) is 0 Å². The Kier molecular flexibility index (Phi) is 10.3. The Balaban J connectivity index is 1.47. The monoisotopic (exact) mass is 568 g/mol. The Labute approximate surface area is 240 Å². The molecular formula is C30H41FN6O4. The minimum absolute atomic E-state index is 0.112. The highest BCUT2D eigenvalue weighted by Crippen LogP contribution is 2.31. The quantitative estimate of drug-likeness (QED) is 0.269. The lowest BCUT2D eigenvalue weighted by atomic mass is 9.89. The lowest BCUT2D eigenvalue weighted by molar-refractivity contribution is -0.141. The molecule has 0 radical (unpaired) electrons. The maximum absolute atomic E-state index is 13.6. The SMILES string of the molecule is CC(N)CN1CN(NC(=O)C2CN(Cc3ccc(F)cc3)C(=O)C2CCCCCN)C(=O)[C@H]1Cc1ccc(O)cc1. The van der Waals surface area contributed by atoms with Gasteiger partial charge in [0.25, 0.3) is 5.91 Å².